The minimum Gasteiger partial charge on any atom is -0.493 e. The molecule has 1 aliphatic heterocycles. The molecule has 8 heteroatoms. The Labute approximate surface area is 146 Å². The van der Waals surface area contributed by atoms with Crippen molar-refractivity contribution in [1.29, 1.82) is 0 Å². The van der Waals surface area contributed by atoms with Crippen molar-refractivity contribution < 1.29 is 23.9 Å². The Bertz CT molecular complexity index is 635. The quantitative estimate of drug-likeness (QED) is 0.477. The van der Waals surface area contributed by atoms with Crippen LogP contribution in [0.1, 0.15) is 33.6 Å². The van der Waals surface area contributed by atoms with Crippen LogP contribution >= 0.6 is 0 Å². The van der Waals surface area contributed by atoms with Gasteiger partial charge in [-0.3, -0.25) is 10.1 Å². The second-order valence-electron chi connectivity index (χ2n) is 6.87. The smallest absolute Gasteiger partial charge is 0.349 e. The van der Waals surface area contributed by atoms with Gasteiger partial charge < -0.3 is 19.5 Å². The van der Waals surface area contributed by atoms with Gasteiger partial charge in [0.15, 0.2) is 11.5 Å². The average molecular weight is 352 g/mol. The van der Waals surface area contributed by atoms with E-state index in [1.807, 2.05) is 0 Å². The average Bonchev–Trinajstić information content (AvgIpc) is 3.04. The van der Waals surface area contributed by atoms with E-state index in [1.54, 1.807) is 20.8 Å². The van der Waals surface area contributed by atoms with E-state index in [0.717, 1.165) is 19.4 Å². The molecule has 0 aliphatic carbocycles. The van der Waals surface area contributed by atoms with E-state index in [9.17, 15) is 14.9 Å². The van der Waals surface area contributed by atoms with E-state index in [-0.39, 0.29) is 17.5 Å². The third kappa shape index (κ3) is 5.06. The van der Waals surface area contributed by atoms with Crippen LogP contribution in [-0.4, -0.2) is 42.3 Å². The number of ether oxygens (including phenoxy) is 3. The number of carbonyl (C=O) groups is 1. The van der Waals surface area contributed by atoms with Crippen LogP contribution in [0.2, 0.25) is 0 Å². The highest BCUT2D eigenvalue weighted by molar-refractivity contribution is 5.77. The van der Waals surface area contributed by atoms with Crippen molar-refractivity contribution in [3.63, 3.8) is 0 Å². The predicted octanol–water partition coefficient (Wildman–Crippen LogP) is 2.44. The van der Waals surface area contributed by atoms with Gasteiger partial charge in [-0.05, 0) is 46.2 Å². The Morgan fingerprint density at radius 3 is 2.60 bits per heavy atom. The van der Waals surface area contributed by atoms with Crippen LogP contribution in [0.25, 0.3) is 0 Å². The lowest BCUT2D eigenvalue weighted by atomic mass is 10.1. The lowest BCUT2D eigenvalue weighted by molar-refractivity contribution is -0.385. The molecule has 1 aromatic rings. The molecule has 1 fully saturated rings. The third-order valence-electron chi connectivity index (χ3n) is 3.71. The van der Waals surface area contributed by atoms with E-state index in [4.69, 9.17) is 14.2 Å². The molecule has 2 rings (SSSR count). The number of non-ortho nitro benzene ring substituents is 1. The second kappa shape index (κ2) is 7.69. The first-order valence-corrected chi connectivity index (χ1v) is 8.16. The largest absolute Gasteiger partial charge is 0.493 e. The van der Waals surface area contributed by atoms with Crippen molar-refractivity contribution in [2.24, 2.45) is 0 Å². The number of nitro benzene ring substituents is 1. The number of rotatable bonds is 6. The van der Waals surface area contributed by atoms with Crippen LogP contribution in [0.15, 0.2) is 18.2 Å². The maximum Gasteiger partial charge on any atom is 0.349 e. The van der Waals surface area contributed by atoms with Crippen LogP contribution in [-0.2, 0) is 9.53 Å². The van der Waals surface area contributed by atoms with E-state index >= 15 is 0 Å². The maximum atomic E-state index is 12.6. The molecule has 0 radical (unpaired) electrons. The van der Waals surface area contributed by atoms with Crippen LogP contribution in [0, 0.1) is 10.1 Å². The molecule has 0 saturated carbocycles. The molecule has 0 spiro atoms. The SMILES string of the molecule is COc1ccc([N+](=O)[O-])cc1OC(C(=O)OC(C)(C)C)C1CCCN1. The van der Waals surface area contributed by atoms with Crippen molar-refractivity contribution in [2.45, 2.75) is 51.4 Å². The molecule has 0 aromatic heterocycles. The molecule has 1 heterocycles. The molecule has 138 valence electrons. The van der Waals surface area contributed by atoms with Crippen molar-refractivity contribution in [1.82, 2.24) is 5.32 Å². The first-order valence-electron chi connectivity index (χ1n) is 8.16. The molecule has 2 atom stereocenters. The van der Waals surface area contributed by atoms with Gasteiger partial charge in [-0.15, -0.1) is 0 Å². The lowest BCUT2D eigenvalue weighted by Crippen LogP contribution is -2.47. The fraction of sp³-hybridized carbons (Fsp3) is 0.588. The van der Waals surface area contributed by atoms with Crippen LogP contribution in [0.5, 0.6) is 11.5 Å². The van der Waals surface area contributed by atoms with Gasteiger partial charge in [-0.2, -0.15) is 0 Å². The number of esters is 1. The van der Waals surface area contributed by atoms with Gasteiger partial charge in [0.25, 0.3) is 5.69 Å². The van der Waals surface area contributed by atoms with Gasteiger partial charge >= 0.3 is 5.97 Å². The highest BCUT2D eigenvalue weighted by atomic mass is 16.6. The maximum absolute atomic E-state index is 12.6. The molecule has 0 bridgehead atoms. The number of nitro groups is 1. The van der Waals surface area contributed by atoms with Gasteiger partial charge in [0.2, 0.25) is 6.10 Å². The summed E-state index contributed by atoms with van der Waals surface area (Å²) in [6.07, 6.45) is 0.748. The van der Waals surface area contributed by atoms with E-state index < -0.39 is 22.6 Å². The molecular weight excluding hydrogens is 328 g/mol. The molecule has 25 heavy (non-hydrogen) atoms. The first kappa shape index (κ1) is 19.0. The molecule has 2 unspecified atom stereocenters. The van der Waals surface area contributed by atoms with Gasteiger partial charge in [0.05, 0.1) is 24.1 Å². The van der Waals surface area contributed by atoms with Crippen molar-refractivity contribution in [3.05, 3.63) is 28.3 Å². The summed E-state index contributed by atoms with van der Waals surface area (Å²) < 4.78 is 16.5. The lowest BCUT2D eigenvalue weighted by Gasteiger charge is -2.28. The second-order valence-corrected chi connectivity index (χ2v) is 6.87. The summed E-state index contributed by atoms with van der Waals surface area (Å²) >= 11 is 0. The van der Waals surface area contributed by atoms with E-state index in [1.165, 1.54) is 25.3 Å². The number of benzene rings is 1. The summed E-state index contributed by atoms with van der Waals surface area (Å²) in [7, 11) is 1.43. The highest BCUT2D eigenvalue weighted by Gasteiger charge is 2.36. The summed E-state index contributed by atoms with van der Waals surface area (Å²) in [6.45, 7) is 6.10. The fourth-order valence-corrected chi connectivity index (χ4v) is 2.63. The summed E-state index contributed by atoms with van der Waals surface area (Å²) in [5, 5.41) is 14.2. The molecule has 1 aromatic carbocycles. The molecule has 1 saturated heterocycles. The van der Waals surface area contributed by atoms with Crippen molar-refractivity contribution in [3.8, 4) is 11.5 Å². The predicted molar refractivity (Wildman–Crippen MR) is 90.9 cm³/mol. The number of carbonyl (C=O) groups excluding carboxylic acids is 1. The zero-order chi connectivity index (χ0) is 18.6. The van der Waals surface area contributed by atoms with Gasteiger partial charge in [-0.1, -0.05) is 0 Å². The minimum atomic E-state index is -0.919. The fourth-order valence-electron chi connectivity index (χ4n) is 2.63. The summed E-state index contributed by atoms with van der Waals surface area (Å²) in [5.74, 6) is -0.0566. The van der Waals surface area contributed by atoms with E-state index in [0.29, 0.717) is 5.75 Å². The Balaban J connectivity index is 2.30. The minimum absolute atomic E-state index is 0.140. The number of hydrogen-bond acceptors (Lipinski definition) is 7. The normalized spacial score (nSPS) is 18.5. The first-order chi connectivity index (χ1) is 11.7. The van der Waals surface area contributed by atoms with Crippen molar-refractivity contribution in [2.75, 3.05) is 13.7 Å². The Hall–Kier alpha value is -2.35. The van der Waals surface area contributed by atoms with Crippen molar-refractivity contribution >= 4 is 11.7 Å². The highest BCUT2D eigenvalue weighted by Crippen LogP contribution is 2.33. The topological polar surface area (TPSA) is 99.9 Å². The molecule has 8 nitrogen and oxygen atoms in total. The summed E-state index contributed by atoms with van der Waals surface area (Å²) in [6, 6.07) is 3.80. The zero-order valence-corrected chi connectivity index (χ0v) is 14.9. The van der Waals surface area contributed by atoms with E-state index in [2.05, 4.69) is 5.32 Å². The van der Waals surface area contributed by atoms with Gasteiger partial charge in [0.1, 0.15) is 5.60 Å². The molecule has 1 N–H and O–H groups in total. The summed E-state index contributed by atoms with van der Waals surface area (Å²) in [4.78, 5) is 23.1. The number of nitrogens with one attached hydrogen (secondary N) is 1. The van der Waals surface area contributed by atoms with Crippen LogP contribution < -0.4 is 14.8 Å². The third-order valence-corrected chi connectivity index (χ3v) is 3.71. The number of hydrogen-bond donors (Lipinski definition) is 1. The molecule has 1 aliphatic rings. The van der Waals surface area contributed by atoms with Crippen LogP contribution in [0.4, 0.5) is 5.69 Å². The standard InChI is InChI=1S/C17H24N2O6/c1-17(2,3)25-16(20)15(12-6-5-9-18-12)24-14-10-11(19(21)22)7-8-13(14)23-4/h7-8,10,12,15,18H,5-6,9H2,1-4H3. The van der Waals surface area contributed by atoms with Crippen LogP contribution in [0.3, 0.4) is 0 Å². The molecule has 0 amide bonds. The van der Waals surface area contributed by atoms with Gasteiger partial charge in [-0.25, -0.2) is 4.79 Å². The summed E-state index contributed by atoms with van der Waals surface area (Å²) in [5.41, 5.74) is -0.803. The van der Waals surface area contributed by atoms with Gasteiger partial charge in [0, 0.05) is 6.07 Å². The zero-order valence-electron chi connectivity index (χ0n) is 14.9. The Morgan fingerprint density at radius 1 is 1.36 bits per heavy atom. The number of methoxy groups -OCH3 is 1. The number of nitrogens with zero attached hydrogens (tertiary/aromatic N) is 1. The Morgan fingerprint density at radius 2 is 2.08 bits per heavy atom. The Kier molecular flexibility index (Phi) is 5.84. The molecular formula is C17H24N2O6. The monoisotopic (exact) mass is 352 g/mol.